The van der Waals surface area contributed by atoms with E-state index in [4.69, 9.17) is 4.74 Å². The van der Waals surface area contributed by atoms with Crippen LogP contribution in [-0.4, -0.2) is 23.4 Å². The van der Waals surface area contributed by atoms with Gasteiger partial charge in [0.2, 0.25) is 5.91 Å². The van der Waals surface area contributed by atoms with Gasteiger partial charge in [-0.3, -0.25) is 14.9 Å². The average Bonchev–Trinajstić information content (AvgIpc) is 2.98. The quantitative estimate of drug-likeness (QED) is 0.445. The molecule has 0 fully saturated rings. The number of ether oxygens (including phenoxy) is 1. The molecule has 1 aromatic heterocycles. The van der Waals surface area contributed by atoms with Crippen LogP contribution in [-0.2, 0) is 28.8 Å². The fourth-order valence-electron chi connectivity index (χ4n) is 3.35. The normalized spacial score (nSPS) is 15.6. The van der Waals surface area contributed by atoms with Crippen molar-refractivity contribution in [2.75, 3.05) is 11.9 Å². The molecule has 2 aromatic rings. The van der Waals surface area contributed by atoms with Gasteiger partial charge in [-0.15, -0.1) is 11.3 Å². The number of amides is 1. The van der Waals surface area contributed by atoms with Crippen LogP contribution in [0.1, 0.15) is 46.6 Å². The number of hydrogen-bond acceptors (Lipinski definition) is 6. The maximum atomic E-state index is 12.5. The summed E-state index contributed by atoms with van der Waals surface area (Å²) in [6.45, 7) is 4.21. The maximum absolute atomic E-state index is 12.5. The minimum absolute atomic E-state index is 0.0196. The van der Waals surface area contributed by atoms with Crippen molar-refractivity contribution in [3.05, 3.63) is 55.9 Å². The molecular weight excluding hydrogens is 380 g/mol. The lowest BCUT2D eigenvalue weighted by Crippen LogP contribution is -2.17. The number of nitro groups is 1. The summed E-state index contributed by atoms with van der Waals surface area (Å²) in [5, 5.41) is 14.1. The van der Waals surface area contributed by atoms with Crippen LogP contribution in [0, 0.1) is 16.0 Å². The number of non-ortho nitro benzene ring substituents is 1. The molecule has 28 heavy (non-hydrogen) atoms. The predicted octanol–water partition coefficient (Wildman–Crippen LogP) is 4.14. The number of rotatable bonds is 6. The molecule has 1 N–H and O–H groups in total. The second-order valence-electron chi connectivity index (χ2n) is 6.92. The molecule has 0 saturated carbocycles. The Bertz CT molecular complexity index is 904. The maximum Gasteiger partial charge on any atom is 0.341 e. The Morgan fingerprint density at radius 2 is 2.04 bits per heavy atom. The number of nitrogens with zero attached hydrogens (tertiary/aromatic N) is 1. The van der Waals surface area contributed by atoms with E-state index in [0.29, 0.717) is 22.0 Å². The van der Waals surface area contributed by atoms with Gasteiger partial charge in [-0.05, 0) is 43.2 Å². The number of esters is 1. The Hall–Kier alpha value is -2.74. The first-order chi connectivity index (χ1) is 13.4. The van der Waals surface area contributed by atoms with E-state index >= 15 is 0 Å². The summed E-state index contributed by atoms with van der Waals surface area (Å²) < 4.78 is 5.21. The van der Waals surface area contributed by atoms with Crippen LogP contribution in [0.2, 0.25) is 0 Å². The molecule has 0 aliphatic heterocycles. The lowest BCUT2D eigenvalue weighted by molar-refractivity contribution is -0.384. The minimum atomic E-state index is -0.480. The van der Waals surface area contributed by atoms with Gasteiger partial charge in [-0.2, -0.15) is 0 Å². The number of nitrogens with one attached hydrogen (secondary N) is 1. The number of fused-ring (bicyclic) bond motifs is 1. The van der Waals surface area contributed by atoms with Gasteiger partial charge in [-0.1, -0.05) is 19.1 Å². The summed E-state index contributed by atoms with van der Waals surface area (Å²) in [5.41, 5.74) is 2.11. The molecule has 1 aromatic carbocycles. The molecule has 148 valence electrons. The largest absolute Gasteiger partial charge is 0.462 e. The van der Waals surface area contributed by atoms with E-state index in [0.717, 1.165) is 29.7 Å². The summed E-state index contributed by atoms with van der Waals surface area (Å²) in [6, 6.07) is 5.87. The van der Waals surface area contributed by atoms with E-state index in [9.17, 15) is 19.7 Å². The van der Waals surface area contributed by atoms with Crippen molar-refractivity contribution in [2.45, 2.75) is 39.5 Å². The van der Waals surface area contributed by atoms with Gasteiger partial charge in [0.25, 0.3) is 5.69 Å². The van der Waals surface area contributed by atoms with Gasteiger partial charge in [0, 0.05) is 17.0 Å². The fourth-order valence-corrected chi connectivity index (χ4v) is 4.76. The average molecular weight is 402 g/mol. The zero-order valence-corrected chi connectivity index (χ0v) is 16.6. The summed E-state index contributed by atoms with van der Waals surface area (Å²) in [4.78, 5) is 36.4. The minimum Gasteiger partial charge on any atom is -0.462 e. The van der Waals surface area contributed by atoms with Crippen molar-refractivity contribution < 1.29 is 19.2 Å². The molecule has 0 radical (unpaired) electrons. The standard InChI is InChI=1S/C20H22N2O5S/c1-3-27-20(24)18-15-9-4-12(2)10-16(15)28-19(18)21-17(23)11-13-5-7-14(8-6-13)22(25)26/h5-8,12H,3-4,9-11H2,1-2H3,(H,21,23). The van der Waals surface area contributed by atoms with Crippen LogP contribution in [0.4, 0.5) is 10.7 Å². The van der Waals surface area contributed by atoms with Crippen molar-refractivity contribution in [3.63, 3.8) is 0 Å². The number of anilines is 1. The van der Waals surface area contributed by atoms with Crippen LogP contribution in [0.15, 0.2) is 24.3 Å². The molecule has 0 bridgehead atoms. The van der Waals surface area contributed by atoms with E-state index in [1.54, 1.807) is 19.1 Å². The van der Waals surface area contributed by atoms with Gasteiger partial charge < -0.3 is 10.1 Å². The van der Waals surface area contributed by atoms with Gasteiger partial charge in [0.05, 0.1) is 23.5 Å². The third-order valence-corrected chi connectivity index (χ3v) is 5.93. The highest BCUT2D eigenvalue weighted by atomic mass is 32.1. The highest BCUT2D eigenvalue weighted by molar-refractivity contribution is 7.17. The molecule has 1 heterocycles. The first-order valence-electron chi connectivity index (χ1n) is 9.23. The second kappa shape index (κ2) is 8.52. The van der Waals surface area contributed by atoms with Crippen LogP contribution in [0.25, 0.3) is 0 Å². The Labute approximate surface area is 166 Å². The molecule has 0 spiro atoms. The van der Waals surface area contributed by atoms with Crippen molar-refractivity contribution in [2.24, 2.45) is 5.92 Å². The molecule has 1 atom stereocenters. The molecule has 8 heteroatoms. The first kappa shape index (κ1) is 20.0. The van der Waals surface area contributed by atoms with E-state index in [-0.39, 0.29) is 24.6 Å². The number of hydrogen-bond donors (Lipinski definition) is 1. The summed E-state index contributed by atoms with van der Waals surface area (Å²) in [6.07, 6.45) is 2.77. The van der Waals surface area contributed by atoms with Crippen LogP contribution in [0.5, 0.6) is 0 Å². The lowest BCUT2D eigenvalue weighted by Gasteiger charge is -2.18. The number of nitro benzene ring substituents is 1. The predicted molar refractivity (Wildman–Crippen MR) is 107 cm³/mol. The fraction of sp³-hybridized carbons (Fsp3) is 0.400. The smallest absolute Gasteiger partial charge is 0.341 e. The Balaban J connectivity index is 1.79. The zero-order chi connectivity index (χ0) is 20.3. The van der Waals surface area contributed by atoms with Crippen LogP contribution in [0.3, 0.4) is 0 Å². The Morgan fingerprint density at radius 1 is 1.32 bits per heavy atom. The van der Waals surface area contributed by atoms with Crippen molar-refractivity contribution in [1.29, 1.82) is 0 Å². The summed E-state index contributed by atoms with van der Waals surface area (Å²) >= 11 is 1.44. The topological polar surface area (TPSA) is 98.5 Å². The Morgan fingerprint density at radius 3 is 2.68 bits per heavy atom. The SMILES string of the molecule is CCOC(=O)c1c(NC(=O)Cc2ccc([N+](=O)[O-])cc2)sc2c1CCC(C)C2. The highest BCUT2D eigenvalue weighted by Crippen LogP contribution is 2.40. The van der Waals surface area contributed by atoms with Gasteiger partial charge in [0.1, 0.15) is 5.00 Å². The van der Waals surface area contributed by atoms with E-state index in [1.165, 1.54) is 23.5 Å². The molecule has 7 nitrogen and oxygen atoms in total. The molecule has 1 amide bonds. The molecule has 0 saturated heterocycles. The third kappa shape index (κ3) is 4.39. The molecule has 1 aliphatic rings. The number of thiophene rings is 1. The summed E-state index contributed by atoms with van der Waals surface area (Å²) in [7, 11) is 0. The molecule has 1 aliphatic carbocycles. The van der Waals surface area contributed by atoms with Gasteiger partial charge >= 0.3 is 5.97 Å². The summed E-state index contributed by atoms with van der Waals surface area (Å²) in [5.74, 6) is -0.129. The van der Waals surface area contributed by atoms with Crippen molar-refractivity contribution in [1.82, 2.24) is 0 Å². The van der Waals surface area contributed by atoms with Gasteiger partial charge in [-0.25, -0.2) is 4.79 Å². The van der Waals surface area contributed by atoms with E-state index < -0.39 is 10.9 Å². The van der Waals surface area contributed by atoms with E-state index in [1.807, 2.05) is 0 Å². The molecule has 1 unspecified atom stereocenters. The molecule has 3 rings (SSSR count). The zero-order valence-electron chi connectivity index (χ0n) is 15.8. The number of carbonyl (C=O) groups is 2. The number of benzene rings is 1. The number of carbonyl (C=O) groups excluding carboxylic acids is 2. The third-order valence-electron chi connectivity index (χ3n) is 4.76. The van der Waals surface area contributed by atoms with Crippen molar-refractivity contribution >= 4 is 33.9 Å². The lowest BCUT2D eigenvalue weighted by atomic mass is 9.88. The Kier molecular flexibility index (Phi) is 6.08. The van der Waals surface area contributed by atoms with Crippen LogP contribution >= 0.6 is 11.3 Å². The van der Waals surface area contributed by atoms with Gasteiger partial charge in [0.15, 0.2) is 0 Å². The monoisotopic (exact) mass is 402 g/mol. The van der Waals surface area contributed by atoms with Crippen molar-refractivity contribution in [3.8, 4) is 0 Å². The highest BCUT2D eigenvalue weighted by Gasteiger charge is 2.29. The van der Waals surface area contributed by atoms with Crippen LogP contribution < -0.4 is 5.32 Å². The first-order valence-corrected chi connectivity index (χ1v) is 10.1. The molecular formula is C20H22N2O5S. The van der Waals surface area contributed by atoms with E-state index in [2.05, 4.69) is 12.2 Å². The second-order valence-corrected chi connectivity index (χ2v) is 8.03.